The summed E-state index contributed by atoms with van der Waals surface area (Å²) in [6.45, 7) is 2.79. The third-order valence-corrected chi connectivity index (χ3v) is 2.92. The van der Waals surface area contributed by atoms with Gasteiger partial charge in [0.05, 0.1) is 13.7 Å². The maximum atomic E-state index is 5.45. The number of methoxy groups -OCH3 is 1. The van der Waals surface area contributed by atoms with E-state index in [-0.39, 0.29) is 0 Å². The molecule has 1 N–H and O–H groups in total. The van der Waals surface area contributed by atoms with E-state index in [0.717, 1.165) is 31.2 Å². The van der Waals surface area contributed by atoms with Crippen LogP contribution in [-0.4, -0.2) is 26.9 Å². The van der Waals surface area contributed by atoms with Gasteiger partial charge >= 0.3 is 0 Å². The Morgan fingerprint density at radius 1 is 1.50 bits per heavy atom. The first-order valence-electron chi connectivity index (χ1n) is 5.84. The molecule has 0 spiro atoms. The summed E-state index contributed by atoms with van der Waals surface area (Å²) in [4.78, 5) is 0. The topological polar surface area (TPSA) is 30.5 Å². The molecular formula is C13H19NO2. The molecule has 1 atom stereocenters. The lowest BCUT2D eigenvalue weighted by atomic mass is 10.0. The van der Waals surface area contributed by atoms with Crippen LogP contribution in [0.4, 0.5) is 5.69 Å². The summed E-state index contributed by atoms with van der Waals surface area (Å²) in [5, 5.41) is 3.43. The molecule has 1 aromatic rings. The number of benzene rings is 1. The van der Waals surface area contributed by atoms with Gasteiger partial charge in [-0.15, -0.1) is 0 Å². The second kappa shape index (κ2) is 5.75. The van der Waals surface area contributed by atoms with Crippen LogP contribution in [0.2, 0.25) is 0 Å². The van der Waals surface area contributed by atoms with Crippen molar-refractivity contribution in [2.75, 3.05) is 32.2 Å². The molecule has 3 heteroatoms. The van der Waals surface area contributed by atoms with Crippen molar-refractivity contribution in [1.29, 1.82) is 0 Å². The minimum Gasteiger partial charge on any atom is -0.497 e. The van der Waals surface area contributed by atoms with Crippen LogP contribution in [0, 0.1) is 5.92 Å². The van der Waals surface area contributed by atoms with Crippen molar-refractivity contribution in [3.63, 3.8) is 0 Å². The van der Waals surface area contributed by atoms with Gasteiger partial charge in [-0.05, 0) is 30.9 Å². The lowest BCUT2D eigenvalue weighted by Crippen LogP contribution is -2.24. The molecule has 3 nitrogen and oxygen atoms in total. The van der Waals surface area contributed by atoms with Gasteiger partial charge in [0.25, 0.3) is 0 Å². The van der Waals surface area contributed by atoms with Crippen LogP contribution >= 0.6 is 0 Å². The first kappa shape index (κ1) is 11.3. The SMILES string of the molecule is COc1cccc(NCC2CCCOC2)c1. The van der Waals surface area contributed by atoms with Crippen molar-refractivity contribution in [3.05, 3.63) is 24.3 Å². The molecular weight excluding hydrogens is 202 g/mol. The van der Waals surface area contributed by atoms with Crippen molar-refractivity contribution in [2.45, 2.75) is 12.8 Å². The van der Waals surface area contributed by atoms with Crippen LogP contribution in [0.15, 0.2) is 24.3 Å². The zero-order chi connectivity index (χ0) is 11.2. The van der Waals surface area contributed by atoms with Gasteiger partial charge in [-0.25, -0.2) is 0 Å². The van der Waals surface area contributed by atoms with Crippen LogP contribution in [0.3, 0.4) is 0 Å². The maximum Gasteiger partial charge on any atom is 0.120 e. The Balaban J connectivity index is 1.83. The van der Waals surface area contributed by atoms with Crippen molar-refractivity contribution >= 4 is 5.69 Å². The number of hydrogen-bond donors (Lipinski definition) is 1. The first-order chi connectivity index (χ1) is 7.88. The van der Waals surface area contributed by atoms with Gasteiger partial charge in [-0.1, -0.05) is 6.07 Å². The number of anilines is 1. The van der Waals surface area contributed by atoms with E-state index in [1.807, 2.05) is 18.2 Å². The van der Waals surface area contributed by atoms with E-state index in [4.69, 9.17) is 9.47 Å². The minimum absolute atomic E-state index is 0.639. The number of rotatable bonds is 4. The largest absolute Gasteiger partial charge is 0.497 e. The van der Waals surface area contributed by atoms with E-state index < -0.39 is 0 Å². The molecule has 0 amide bonds. The Morgan fingerprint density at radius 2 is 2.44 bits per heavy atom. The predicted octanol–water partition coefficient (Wildman–Crippen LogP) is 2.53. The van der Waals surface area contributed by atoms with Gasteiger partial charge in [0.1, 0.15) is 5.75 Å². The summed E-state index contributed by atoms with van der Waals surface area (Å²) >= 11 is 0. The lowest BCUT2D eigenvalue weighted by molar-refractivity contribution is 0.0595. The van der Waals surface area contributed by atoms with E-state index >= 15 is 0 Å². The third-order valence-electron chi connectivity index (χ3n) is 2.92. The third kappa shape index (κ3) is 3.14. The zero-order valence-corrected chi connectivity index (χ0v) is 9.74. The summed E-state index contributed by atoms with van der Waals surface area (Å²) < 4.78 is 10.6. The van der Waals surface area contributed by atoms with Crippen molar-refractivity contribution in [1.82, 2.24) is 0 Å². The highest BCUT2D eigenvalue weighted by Crippen LogP contribution is 2.19. The summed E-state index contributed by atoms with van der Waals surface area (Å²) in [5.41, 5.74) is 1.12. The quantitative estimate of drug-likeness (QED) is 0.847. The second-order valence-corrected chi connectivity index (χ2v) is 4.20. The fourth-order valence-corrected chi connectivity index (χ4v) is 1.96. The van der Waals surface area contributed by atoms with Gasteiger partial charge in [0.15, 0.2) is 0 Å². The Morgan fingerprint density at radius 3 is 3.19 bits per heavy atom. The average Bonchev–Trinajstić information content (AvgIpc) is 2.38. The van der Waals surface area contributed by atoms with Crippen LogP contribution in [0.1, 0.15) is 12.8 Å². The number of hydrogen-bond acceptors (Lipinski definition) is 3. The maximum absolute atomic E-state index is 5.45. The van der Waals surface area contributed by atoms with E-state index in [9.17, 15) is 0 Å². The summed E-state index contributed by atoms with van der Waals surface area (Å²) in [6, 6.07) is 8.03. The number of ether oxygens (including phenoxy) is 2. The standard InChI is InChI=1S/C13H19NO2/c1-15-13-6-2-5-12(8-13)14-9-11-4-3-7-16-10-11/h2,5-6,8,11,14H,3-4,7,9-10H2,1H3. The van der Waals surface area contributed by atoms with E-state index in [1.54, 1.807) is 7.11 Å². The van der Waals surface area contributed by atoms with E-state index in [1.165, 1.54) is 12.8 Å². The predicted molar refractivity (Wildman–Crippen MR) is 65.0 cm³/mol. The van der Waals surface area contributed by atoms with Crippen molar-refractivity contribution < 1.29 is 9.47 Å². The summed E-state index contributed by atoms with van der Waals surface area (Å²) in [6.07, 6.45) is 2.45. The Kier molecular flexibility index (Phi) is 4.05. The highest BCUT2D eigenvalue weighted by Gasteiger charge is 2.13. The highest BCUT2D eigenvalue weighted by atomic mass is 16.5. The van der Waals surface area contributed by atoms with Gasteiger partial charge in [0.2, 0.25) is 0 Å². The zero-order valence-electron chi connectivity index (χ0n) is 9.74. The molecule has 1 aliphatic rings. The fourth-order valence-electron chi connectivity index (χ4n) is 1.96. The molecule has 1 aromatic carbocycles. The summed E-state index contributed by atoms with van der Waals surface area (Å²) in [7, 11) is 1.69. The molecule has 0 saturated carbocycles. The van der Waals surface area contributed by atoms with Gasteiger partial charge < -0.3 is 14.8 Å². The number of nitrogens with one attached hydrogen (secondary N) is 1. The lowest BCUT2D eigenvalue weighted by Gasteiger charge is -2.22. The van der Waals surface area contributed by atoms with E-state index in [0.29, 0.717) is 5.92 Å². The minimum atomic E-state index is 0.639. The van der Waals surface area contributed by atoms with Crippen LogP contribution < -0.4 is 10.1 Å². The molecule has 2 rings (SSSR count). The van der Waals surface area contributed by atoms with Gasteiger partial charge in [-0.3, -0.25) is 0 Å². The van der Waals surface area contributed by atoms with Gasteiger partial charge in [0, 0.05) is 24.9 Å². The Bertz CT molecular complexity index is 321. The van der Waals surface area contributed by atoms with Crippen molar-refractivity contribution in [2.24, 2.45) is 5.92 Å². The Hall–Kier alpha value is -1.22. The molecule has 1 aliphatic heterocycles. The molecule has 1 unspecified atom stereocenters. The fraction of sp³-hybridized carbons (Fsp3) is 0.538. The molecule has 0 bridgehead atoms. The Labute approximate surface area is 96.8 Å². The average molecular weight is 221 g/mol. The first-order valence-corrected chi connectivity index (χ1v) is 5.84. The molecule has 88 valence electrons. The molecule has 16 heavy (non-hydrogen) atoms. The molecule has 1 heterocycles. The normalized spacial score (nSPS) is 20.4. The van der Waals surface area contributed by atoms with Crippen LogP contribution in [-0.2, 0) is 4.74 Å². The van der Waals surface area contributed by atoms with E-state index in [2.05, 4.69) is 11.4 Å². The summed E-state index contributed by atoms with van der Waals surface area (Å²) in [5.74, 6) is 1.53. The van der Waals surface area contributed by atoms with Crippen LogP contribution in [0.5, 0.6) is 5.75 Å². The molecule has 0 aliphatic carbocycles. The molecule has 1 fully saturated rings. The molecule has 0 aromatic heterocycles. The monoisotopic (exact) mass is 221 g/mol. The molecule has 1 saturated heterocycles. The van der Waals surface area contributed by atoms with Gasteiger partial charge in [-0.2, -0.15) is 0 Å². The molecule has 0 radical (unpaired) electrons. The van der Waals surface area contributed by atoms with Crippen LogP contribution in [0.25, 0.3) is 0 Å². The van der Waals surface area contributed by atoms with Crippen molar-refractivity contribution in [3.8, 4) is 5.75 Å². The smallest absolute Gasteiger partial charge is 0.120 e. The highest BCUT2D eigenvalue weighted by molar-refractivity contribution is 5.48. The second-order valence-electron chi connectivity index (χ2n) is 4.20.